The molecule has 0 spiro atoms. The van der Waals surface area contributed by atoms with Crippen molar-refractivity contribution in [2.75, 3.05) is 10.2 Å². The quantitative estimate of drug-likeness (QED) is 0.362. The van der Waals surface area contributed by atoms with Gasteiger partial charge in [-0.2, -0.15) is 5.10 Å². The SMILES string of the molecule is CCC(=O)Nc1ccc(C(=O)N/N=C\[C@@H]2C(=O)NC(=O)N(c3cccc(C)c3)C2=O)cc1. The Hall–Kier alpha value is -4.34. The van der Waals surface area contributed by atoms with E-state index in [1.165, 1.54) is 12.1 Å². The van der Waals surface area contributed by atoms with Gasteiger partial charge in [-0.3, -0.25) is 24.5 Å². The van der Waals surface area contributed by atoms with E-state index in [-0.39, 0.29) is 11.5 Å². The fourth-order valence-electron chi connectivity index (χ4n) is 2.92. The molecule has 6 amide bonds. The Morgan fingerprint density at radius 3 is 2.50 bits per heavy atom. The van der Waals surface area contributed by atoms with Crippen molar-refractivity contribution < 1.29 is 24.0 Å². The largest absolute Gasteiger partial charge is 0.335 e. The summed E-state index contributed by atoms with van der Waals surface area (Å²) in [6.07, 6.45) is 1.30. The highest BCUT2D eigenvalue weighted by Crippen LogP contribution is 2.21. The molecule has 2 aromatic rings. The summed E-state index contributed by atoms with van der Waals surface area (Å²) in [5.74, 6) is -3.73. The average Bonchev–Trinajstić information content (AvgIpc) is 2.76. The van der Waals surface area contributed by atoms with E-state index in [0.717, 1.165) is 16.7 Å². The molecule has 0 unspecified atom stereocenters. The van der Waals surface area contributed by atoms with Gasteiger partial charge in [0.05, 0.1) is 5.69 Å². The van der Waals surface area contributed by atoms with Gasteiger partial charge < -0.3 is 5.32 Å². The predicted molar refractivity (Wildman–Crippen MR) is 117 cm³/mol. The number of hydrazone groups is 1. The van der Waals surface area contributed by atoms with Crippen LogP contribution in [0.25, 0.3) is 0 Å². The Kier molecular flexibility index (Phi) is 6.74. The van der Waals surface area contributed by atoms with Gasteiger partial charge in [-0.1, -0.05) is 19.1 Å². The van der Waals surface area contributed by atoms with Crippen LogP contribution in [0.2, 0.25) is 0 Å². The van der Waals surface area contributed by atoms with Gasteiger partial charge in [-0.05, 0) is 48.9 Å². The number of nitrogens with zero attached hydrogens (tertiary/aromatic N) is 2. The Bertz CT molecular complexity index is 1110. The second-order valence-electron chi connectivity index (χ2n) is 6.98. The first kappa shape index (κ1) is 22.3. The van der Waals surface area contributed by atoms with Crippen LogP contribution < -0.4 is 21.0 Å². The number of barbiturate groups is 1. The minimum absolute atomic E-state index is 0.152. The molecule has 10 heteroatoms. The highest BCUT2D eigenvalue weighted by molar-refractivity contribution is 6.32. The zero-order valence-corrected chi connectivity index (χ0v) is 17.4. The monoisotopic (exact) mass is 435 g/mol. The molecule has 3 rings (SSSR count). The number of aryl methyl sites for hydroxylation is 1. The zero-order chi connectivity index (χ0) is 23.3. The molecule has 0 aliphatic carbocycles. The van der Waals surface area contributed by atoms with Crippen LogP contribution in [0.4, 0.5) is 16.2 Å². The number of anilines is 2. The van der Waals surface area contributed by atoms with Crippen molar-refractivity contribution in [3.63, 3.8) is 0 Å². The van der Waals surface area contributed by atoms with Crippen LogP contribution in [0.1, 0.15) is 29.3 Å². The van der Waals surface area contributed by atoms with Crippen LogP contribution in [-0.2, 0) is 14.4 Å². The summed E-state index contributed by atoms with van der Waals surface area (Å²) in [6.45, 7) is 3.53. The summed E-state index contributed by atoms with van der Waals surface area (Å²) < 4.78 is 0. The Balaban J connectivity index is 1.67. The number of hydrogen-bond donors (Lipinski definition) is 3. The molecule has 10 nitrogen and oxygen atoms in total. The molecule has 3 N–H and O–H groups in total. The molecule has 1 atom stereocenters. The third-order valence-corrected chi connectivity index (χ3v) is 4.60. The van der Waals surface area contributed by atoms with Gasteiger partial charge in [0.1, 0.15) is 0 Å². The predicted octanol–water partition coefficient (Wildman–Crippen LogP) is 1.96. The van der Waals surface area contributed by atoms with Crippen molar-refractivity contribution >= 4 is 47.2 Å². The lowest BCUT2D eigenvalue weighted by atomic mass is 10.1. The first-order valence-corrected chi connectivity index (χ1v) is 9.79. The second kappa shape index (κ2) is 9.65. The van der Waals surface area contributed by atoms with E-state index in [2.05, 4.69) is 21.2 Å². The first-order valence-electron chi connectivity index (χ1n) is 9.79. The Labute approximate surface area is 183 Å². The fourth-order valence-corrected chi connectivity index (χ4v) is 2.92. The maximum atomic E-state index is 12.8. The van der Waals surface area contributed by atoms with Crippen molar-refractivity contribution in [2.24, 2.45) is 11.0 Å². The maximum absolute atomic E-state index is 12.8. The molecule has 0 saturated carbocycles. The van der Waals surface area contributed by atoms with E-state index in [9.17, 15) is 24.0 Å². The van der Waals surface area contributed by atoms with Crippen molar-refractivity contribution in [3.05, 3.63) is 59.7 Å². The van der Waals surface area contributed by atoms with Gasteiger partial charge >= 0.3 is 6.03 Å². The summed E-state index contributed by atoms with van der Waals surface area (Å²) in [7, 11) is 0. The molecular weight excluding hydrogens is 414 g/mol. The third kappa shape index (κ3) is 5.04. The lowest BCUT2D eigenvalue weighted by Crippen LogP contribution is -2.58. The summed E-state index contributed by atoms with van der Waals surface area (Å²) in [5.41, 5.74) is 4.19. The van der Waals surface area contributed by atoms with Crippen LogP contribution in [-0.4, -0.2) is 35.9 Å². The van der Waals surface area contributed by atoms with Crippen molar-refractivity contribution in [1.29, 1.82) is 0 Å². The normalized spacial score (nSPS) is 16.1. The van der Waals surface area contributed by atoms with Gasteiger partial charge in [0, 0.05) is 23.9 Å². The third-order valence-electron chi connectivity index (χ3n) is 4.60. The van der Waals surface area contributed by atoms with Crippen LogP contribution in [0, 0.1) is 12.8 Å². The van der Waals surface area contributed by atoms with E-state index in [4.69, 9.17) is 0 Å². The molecule has 1 heterocycles. The van der Waals surface area contributed by atoms with E-state index in [1.807, 2.05) is 0 Å². The number of carbonyl (C=O) groups excluding carboxylic acids is 5. The molecule has 32 heavy (non-hydrogen) atoms. The van der Waals surface area contributed by atoms with E-state index < -0.39 is 29.7 Å². The second-order valence-corrected chi connectivity index (χ2v) is 6.98. The Morgan fingerprint density at radius 2 is 1.84 bits per heavy atom. The average molecular weight is 435 g/mol. The van der Waals surface area contributed by atoms with Crippen molar-refractivity contribution in [2.45, 2.75) is 20.3 Å². The molecule has 0 aromatic heterocycles. The van der Waals surface area contributed by atoms with Gasteiger partial charge in [0.2, 0.25) is 11.8 Å². The van der Waals surface area contributed by atoms with Crippen molar-refractivity contribution in [3.8, 4) is 0 Å². The standard InChI is InChI=1S/C22H21N5O5/c1-3-18(28)24-15-9-7-14(8-10-15)19(29)26-23-12-17-20(30)25-22(32)27(21(17)31)16-6-4-5-13(2)11-16/h4-12,17H,3H2,1-2H3,(H,24,28)(H,26,29)(H,25,30,32)/b23-12-/t17-/m1/s1. The number of amides is 6. The van der Waals surface area contributed by atoms with Crippen LogP contribution in [0.3, 0.4) is 0 Å². The van der Waals surface area contributed by atoms with Gasteiger partial charge in [0.25, 0.3) is 11.8 Å². The zero-order valence-electron chi connectivity index (χ0n) is 17.4. The minimum Gasteiger partial charge on any atom is -0.326 e. The topological polar surface area (TPSA) is 137 Å². The summed E-state index contributed by atoms with van der Waals surface area (Å²) in [6, 6.07) is 12.0. The molecule has 164 valence electrons. The molecule has 0 bridgehead atoms. The lowest BCUT2D eigenvalue weighted by molar-refractivity contribution is -0.131. The van der Waals surface area contributed by atoms with Gasteiger partial charge in [0.15, 0.2) is 5.92 Å². The highest BCUT2D eigenvalue weighted by atomic mass is 16.2. The smallest absolute Gasteiger partial charge is 0.326 e. The lowest BCUT2D eigenvalue weighted by Gasteiger charge is -2.28. The number of carbonyl (C=O) groups is 5. The molecule has 1 saturated heterocycles. The van der Waals surface area contributed by atoms with Crippen LogP contribution in [0.15, 0.2) is 53.6 Å². The molecule has 2 aromatic carbocycles. The number of rotatable bonds is 6. The first-order chi connectivity index (χ1) is 15.3. The van der Waals surface area contributed by atoms with E-state index in [1.54, 1.807) is 50.2 Å². The molecule has 1 aliphatic heterocycles. The van der Waals surface area contributed by atoms with E-state index in [0.29, 0.717) is 17.8 Å². The van der Waals surface area contributed by atoms with Gasteiger partial charge in [-0.15, -0.1) is 0 Å². The van der Waals surface area contributed by atoms with Crippen LogP contribution >= 0.6 is 0 Å². The number of nitrogens with one attached hydrogen (secondary N) is 3. The molecule has 1 aliphatic rings. The summed E-state index contributed by atoms with van der Waals surface area (Å²) in [5, 5.41) is 8.49. The molecule has 1 fully saturated rings. The van der Waals surface area contributed by atoms with E-state index >= 15 is 0 Å². The Morgan fingerprint density at radius 1 is 1.12 bits per heavy atom. The number of hydrogen-bond acceptors (Lipinski definition) is 6. The van der Waals surface area contributed by atoms with Crippen molar-refractivity contribution in [1.82, 2.24) is 10.7 Å². The molecular formula is C22H21N5O5. The van der Waals surface area contributed by atoms with Gasteiger partial charge in [-0.25, -0.2) is 15.1 Å². The molecule has 0 radical (unpaired) electrons. The summed E-state index contributed by atoms with van der Waals surface area (Å²) >= 11 is 0. The summed E-state index contributed by atoms with van der Waals surface area (Å²) in [4.78, 5) is 61.6. The number of benzene rings is 2. The van der Waals surface area contributed by atoms with Crippen LogP contribution in [0.5, 0.6) is 0 Å². The number of imide groups is 2. The maximum Gasteiger partial charge on any atom is 0.335 e. The highest BCUT2D eigenvalue weighted by Gasteiger charge is 2.40. The minimum atomic E-state index is -1.39. The number of urea groups is 1. The fraction of sp³-hybridized carbons (Fsp3) is 0.182.